The van der Waals surface area contributed by atoms with Crippen molar-refractivity contribution in [3.63, 3.8) is 0 Å². The van der Waals surface area contributed by atoms with Crippen LogP contribution in [0.25, 0.3) is 0 Å². The molecule has 1 aliphatic heterocycles. The summed E-state index contributed by atoms with van der Waals surface area (Å²) in [6, 6.07) is 4.30. The number of anilines is 1. The van der Waals surface area contributed by atoms with Crippen molar-refractivity contribution < 1.29 is 4.74 Å². The van der Waals surface area contributed by atoms with Crippen LogP contribution in [0.3, 0.4) is 0 Å². The van der Waals surface area contributed by atoms with Crippen molar-refractivity contribution in [2.24, 2.45) is 5.92 Å². The Morgan fingerprint density at radius 2 is 2.12 bits per heavy atom. The van der Waals surface area contributed by atoms with Crippen LogP contribution in [0.1, 0.15) is 11.1 Å². The van der Waals surface area contributed by atoms with E-state index < -0.39 is 0 Å². The largest absolute Gasteiger partial charge is 0.494 e. The predicted molar refractivity (Wildman–Crippen MR) is 67.3 cm³/mol. The van der Waals surface area contributed by atoms with Gasteiger partial charge in [-0.15, -0.1) is 0 Å². The Labute approximate surface area is 97.2 Å². The maximum Gasteiger partial charge on any atom is 0.144 e. The fraction of sp³-hybridized carbons (Fsp3) is 0.538. The minimum atomic E-state index is 0.755. The molecule has 1 heterocycles. The first-order chi connectivity index (χ1) is 7.70. The van der Waals surface area contributed by atoms with Gasteiger partial charge in [0, 0.05) is 25.6 Å². The number of methoxy groups -OCH3 is 1. The molecule has 3 nitrogen and oxygen atoms in total. The Morgan fingerprint density at radius 3 is 2.69 bits per heavy atom. The summed E-state index contributed by atoms with van der Waals surface area (Å²) in [5, 5.41) is 6.76. The Morgan fingerprint density at radius 1 is 1.38 bits per heavy atom. The molecule has 1 aromatic carbocycles. The molecule has 0 aliphatic carbocycles. The number of aryl methyl sites for hydroxylation is 2. The summed E-state index contributed by atoms with van der Waals surface area (Å²) in [5.74, 6) is 1.73. The molecule has 88 valence electrons. The zero-order valence-electron chi connectivity index (χ0n) is 10.3. The lowest BCUT2D eigenvalue weighted by atomic mass is 10.0. The average molecular weight is 220 g/mol. The van der Waals surface area contributed by atoms with Crippen molar-refractivity contribution in [3.8, 4) is 5.75 Å². The smallest absolute Gasteiger partial charge is 0.144 e. The van der Waals surface area contributed by atoms with E-state index in [1.165, 1.54) is 11.1 Å². The fourth-order valence-corrected chi connectivity index (χ4v) is 2.10. The Kier molecular flexibility index (Phi) is 3.34. The van der Waals surface area contributed by atoms with Gasteiger partial charge in [0.1, 0.15) is 5.75 Å². The topological polar surface area (TPSA) is 33.3 Å². The van der Waals surface area contributed by atoms with E-state index in [1.54, 1.807) is 7.11 Å². The molecule has 1 saturated heterocycles. The highest BCUT2D eigenvalue weighted by molar-refractivity contribution is 5.61. The molecular weight excluding hydrogens is 200 g/mol. The molecule has 0 amide bonds. The summed E-state index contributed by atoms with van der Waals surface area (Å²) in [6.45, 7) is 7.47. The molecule has 0 unspecified atom stereocenters. The summed E-state index contributed by atoms with van der Waals surface area (Å²) in [5.41, 5.74) is 3.58. The maximum atomic E-state index is 5.44. The zero-order valence-corrected chi connectivity index (χ0v) is 10.3. The monoisotopic (exact) mass is 220 g/mol. The Bertz CT molecular complexity index is 372. The van der Waals surface area contributed by atoms with Crippen LogP contribution < -0.4 is 15.4 Å². The first-order valence-corrected chi connectivity index (χ1v) is 5.80. The van der Waals surface area contributed by atoms with Crippen molar-refractivity contribution in [2.45, 2.75) is 13.8 Å². The van der Waals surface area contributed by atoms with Crippen LogP contribution in [-0.4, -0.2) is 26.7 Å². The molecule has 2 N–H and O–H groups in total. The van der Waals surface area contributed by atoms with E-state index in [0.29, 0.717) is 0 Å². The van der Waals surface area contributed by atoms with E-state index >= 15 is 0 Å². The van der Waals surface area contributed by atoms with Crippen molar-refractivity contribution in [1.29, 1.82) is 0 Å². The van der Waals surface area contributed by atoms with Gasteiger partial charge in [-0.2, -0.15) is 0 Å². The molecule has 0 bridgehead atoms. The van der Waals surface area contributed by atoms with Crippen molar-refractivity contribution in [2.75, 3.05) is 32.1 Å². The van der Waals surface area contributed by atoms with Gasteiger partial charge in [-0.25, -0.2) is 0 Å². The molecule has 1 aromatic rings. The van der Waals surface area contributed by atoms with Crippen LogP contribution in [0.4, 0.5) is 5.69 Å². The lowest BCUT2D eigenvalue weighted by Crippen LogP contribution is -2.45. The third-order valence-corrected chi connectivity index (χ3v) is 3.07. The Balaban J connectivity index is 2.10. The standard InChI is InChI=1S/C13H20N2O/c1-9-4-10(2)13(16-3)12(5-9)15-8-11-6-14-7-11/h4-5,11,14-15H,6-8H2,1-3H3. The van der Waals surface area contributed by atoms with E-state index in [0.717, 1.165) is 37.0 Å². The summed E-state index contributed by atoms with van der Waals surface area (Å²) < 4.78 is 5.44. The molecule has 1 fully saturated rings. The van der Waals surface area contributed by atoms with Gasteiger partial charge in [0.15, 0.2) is 0 Å². The van der Waals surface area contributed by atoms with Crippen LogP contribution in [0.5, 0.6) is 5.75 Å². The average Bonchev–Trinajstić information content (AvgIpc) is 2.14. The van der Waals surface area contributed by atoms with E-state index in [2.05, 4.69) is 36.6 Å². The lowest BCUT2D eigenvalue weighted by Gasteiger charge is -2.28. The molecule has 0 atom stereocenters. The van der Waals surface area contributed by atoms with Crippen LogP contribution in [0, 0.1) is 19.8 Å². The van der Waals surface area contributed by atoms with Crippen molar-refractivity contribution >= 4 is 5.69 Å². The number of ether oxygens (including phenoxy) is 1. The summed E-state index contributed by atoms with van der Waals surface area (Å²) in [7, 11) is 1.73. The van der Waals surface area contributed by atoms with Gasteiger partial charge < -0.3 is 15.4 Å². The number of rotatable bonds is 4. The molecule has 3 heteroatoms. The lowest BCUT2D eigenvalue weighted by molar-refractivity contribution is 0.364. The number of hydrogen-bond acceptors (Lipinski definition) is 3. The van der Waals surface area contributed by atoms with E-state index in [4.69, 9.17) is 4.74 Å². The predicted octanol–water partition coefficient (Wildman–Crippen LogP) is 1.94. The number of hydrogen-bond donors (Lipinski definition) is 2. The van der Waals surface area contributed by atoms with Gasteiger partial charge in [0.05, 0.1) is 12.8 Å². The van der Waals surface area contributed by atoms with Gasteiger partial charge in [-0.05, 0) is 31.0 Å². The maximum absolute atomic E-state index is 5.44. The quantitative estimate of drug-likeness (QED) is 0.813. The second-order valence-electron chi connectivity index (χ2n) is 4.57. The molecule has 0 radical (unpaired) electrons. The Hall–Kier alpha value is -1.22. The molecule has 2 rings (SSSR count). The van der Waals surface area contributed by atoms with Gasteiger partial charge in [-0.1, -0.05) is 6.07 Å². The van der Waals surface area contributed by atoms with Crippen LogP contribution in [0.15, 0.2) is 12.1 Å². The van der Waals surface area contributed by atoms with E-state index in [-0.39, 0.29) is 0 Å². The summed E-state index contributed by atoms with van der Waals surface area (Å²) >= 11 is 0. The highest BCUT2D eigenvalue weighted by Crippen LogP contribution is 2.30. The molecule has 1 aliphatic rings. The van der Waals surface area contributed by atoms with Gasteiger partial charge in [0.25, 0.3) is 0 Å². The van der Waals surface area contributed by atoms with E-state index in [9.17, 15) is 0 Å². The first-order valence-electron chi connectivity index (χ1n) is 5.80. The van der Waals surface area contributed by atoms with Gasteiger partial charge in [-0.3, -0.25) is 0 Å². The molecule has 0 aromatic heterocycles. The SMILES string of the molecule is COc1c(C)cc(C)cc1NCC1CNC1. The highest BCUT2D eigenvalue weighted by atomic mass is 16.5. The molecule has 16 heavy (non-hydrogen) atoms. The normalized spacial score (nSPS) is 15.7. The van der Waals surface area contributed by atoms with Crippen molar-refractivity contribution in [1.82, 2.24) is 5.32 Å². The van der Waals surface area contributed by atoms with Gasteiger partial charge in [0.2, 0.25) is 0 Å². The number of benzene rings is 1. The molecule has 0 saturated carbocycles. The third-order valence-electron chi connectivity index (χ3n) is 3.07. The summed E-state index contributed by atoms with van der Waals surface area (Å²) in [4.78, 5) is 0. The highest BCUT2D eigenvalue weighted by Gasteiger charge is 2.17. The van der Waals surface area contributed by atoms with Gasteiger partial charge >= 0.3 is 0 Å². The van der Waals surface area contributed by atoms with Crippen LogP contribution in [0.2, 0.25) is 0 Å². The van der Waals surface area contributed by atoms with Crippen molar-refractivity contribution in [3.05, 3.63) is 23.3 Å². The zero-order chi connectivity index (χ0) is 11.5. The fourth-order valence-electron chi connectivity index (χ4n) is 2.10. The van der Waals surface area contributed by atoms with E-state index in [1.807, 2.05) is 0 Å². The molecule has 0 spiro atoms. The minimum Gasteiger partial charge on any atom is -0.494 e. The number of nitrogens with one attached hydrogen (secondary N) is 2. The summed E-state index contributed by atoms with van der Waals surface area (Å²) in [6.07, 6.45) is 0. The second kappa shape index (κ2) is 4.74. The third kappa shape index (κ3) is 2.30. The second-order valence-corrected chi connectivity index (χ2v) is 4.57. The van der Waals surface area contributed by atoms with Crippen LogP contribution >= 0.6 is 0 Å². The molecular formula is C13H20N2O. The van der Waals surface area contributed by atoms with Crippen LogP contribution in [-0.2, 0) is 0 Å². The minimum absolute atomic E-state index is 0.755. The first kappa shape index (κ1) is 11.3.